The van der Waals surface area contributed by atoms with E-state index in [0.717, 1.165) is 59.5 Å². The summed E-state index contributed by atoms with van der Waals surface area (Å²) in [5.74, 6) is 0.383. The normalized spacial score (nSPS) is 15.6. The van der Waals surface area contributed by atoms with Crippen LogP contribution < -0.4 is 15.9 Å². The van der Waals surface area contributed by atoms with Crippen molar-refractivity contribution in [2.24, 2.45) is 5.92 Å². The molecule has 1 aliphatic rings. The molecule has 9 heteroatoms. The zero-order chi connectivity index (χ0) is 24.0. The lowest BCUT2D eigenvalue weighted by molar-refractivity contribution is -0.117. The Labute approximate surface area is 202 Å². The van der Waals surface area contributed by atoms with Gasteiger partial charge in [0.25, 0.3) is 0 Å². The number of rotatable bonds is 6. The van der Waals surface area contributed by atoms with Gasteiger partial charge >= 0.3 is 5.69 Å². The molecule has 0 fully saturated rings. The number of hydrogen-bond donors (Lipinski definition) is 1. The molecule has 4 aromatic rings. The maximum Gasteiger partial charge on any atom is 0.365 e. The van der Waals surface area contributed by atoms with Gasteiger partial charge in [0.15, 0.2) is 5.65 Å². The Morgan fingerprint density at radius 1 is 1.29 bits per heavy atom. The highest BCUT2D eigenvalue weighted by Crippen LogP contribution is 2.38. The molecule has 0 saturated heterocycles. The van der Waals surface area contributed by atoms with Crippen LogP contribution in [0.25, 0.3) is 15.9 Å². The SMILES string of the molecule is CCN(CC)c1ccc(NC(=O)Cn2c(=O)nc3c4c5c(sc4ncn32)C[C@H](C)CC5)c(C)c1. The van der Waals surface area contributed by atoms with E-state index in [1.165, 1.54) is 15.1 Å². The van der Waals surface area contributed by atoms with E-state index in [2.05, 4.69) is 47.0 Å². The molecule has 178 valence electrons. The Morgan fingerprint density at radius 2 is 2.09 bits per heavy atom. The highest BCUT2D eigenvalue weighted by atomic mass is 32.1. The Balaban J connectivity index is 1.43. The van der Waals surface area contributed by atoms with Gasteiger partial charge in [0.1, 0.15) is 17.7 Å². The van der Waals surface area contributed by atoms with Gasteiger partial charge in [-0.15, -0.1) is 11.3 Å². The van der Waals surface area contributed by atoms with Gasteiger partial charge < -0.3 is 10.2 Å². The molecular formula is C25H30N6O2S. The molecule has 0 radical (unpaired) electrons. The second kappa shape index (κ2) is 8.87. The monoisotopic (exact) mass is 478 g/mol. The first-order chi connectivity index (χ1) is 16.4. The number of benzene rings is 1. The fraction of sp³-hybridized carbons (Fsp3) is 0.440. The standard InChI is InChI=1S/C25H30N6O2S/c1-5-29(6-2)17-8-10-19(16(4)12-17)27-21(32)13-30-25(33)28-23-22-18-9-7-15(3)11-20(18)34-24(22)26-14-31(23)30/h8,10,12,14-15H,5-7,9,11,13H2,1-4H3,(H,27,32)/t15-/m1/s1. The molecule has 3 aromatic heterocycles. The molecule has 1 N–H and O–H groups in total. The molecule has 1 atom stereocenters. The molecule has 0 aliphatic heterocycles. The zero-order valence-corrected chi connectivity index (χ0v) is 20.9. The van der Waals surface area contributed by atoms with E-state index in [0.29, 0.717) is 11.6 Å². The molecule has 1 aliphatic carbocycles. The minimum absolute atomic E-state index is 0.131. The minimum atomic E-state index is -0.442. The van der Waals surface area contributed by atoms with Crippen molar-refractivity contribution in [3.05, 3.63) is 51.0 Å². The van der Waals surface area contributed by atoms with Crippen molar-refractivity contribution in [2.45, 2.75) is 53.5 Å². The first kappa shape index (κ1) is 22.6. The fourth-order valence-electron chi connectivity index (χ4n) is 4.90. The van der Waals surface area contributed by atoms with Crippen LogP contribution in [0.4, 0.5) is 11.4 Å². The number of anilines is 2. The third kappa shape index (κ3) is 3.87. The average molecular weight is 479 g/mol. The molecule has 0 bridgehead atoms. The van der Waals surface area contributed by atoms with Crippen LogP contribution in [0.5, 0.6) is 0 Å². The lowest BCUT2D eigenvalue weighted by Gasteiger charge is -2.22. The Kier molecular flexibility index (Phi) is 5.89. The number of hydrogen-bond acceptors (Lipinski definition) is 6. The summed E-state index contributed by atoms with van der Waals surface area (Å²) < 4.78 is 2.98. The molecule has 8 nitrogen and oxygen atoms in total. The third-order valence-electron chi connectivity index (χ3n) is 6.81. The van der Waals surface area contributed by atoms with Gasteiger partial charge in [0, 0.05) is 29.3 Å². The van der Waals surface area contributed by atoms with Crippen molar-refractivity contribution < 1.29 is 4.79 Å². The molecule has 0 spiro atoms. The van der Waals surface area contributed by atoms with Crippen molar-refractivity contribution >= 4 is 44.5 Å². The largest absolute Gasteiger partial charge is 0.372 e. The van der Waals surface area contributed by atoms with Crippen molar-refractivity contribution in [3.8, 4) is 0 Å². The molecule has 0 saturated carbocycles. The number of aryl methyl sites for hydroxylation is 2. The summed E-state index contributed by atoms with van der Waals surface area (Å²) in [6.07, 6.45) is 4.75. The molecule has 1 aromatic carbocycles. The smallest absolute Gasteiger partial charge is 0.365 e. The number of nitrogens with zero attached hydrogens (tertiary/aromatic N) is 5. The third-order valence-corrected chi connectivity index (χ3v) is 7.97. The average Bonchev–Trinajstić information content (AvgIpc) is 3.33. The van der Waals surface area contributed by atoms with Crippen molar-refractivity contribution in [1.82, 2.24) is 19.2 Å². The summed E-state index contributed by atoms with van der Waals surface area (Å²) in [4.78, 5) is 39.1. The number of nitrogens with one attached hydrogen (secondary N) is 1. The lowest BCUT2D eigenvalue weighted by atomic mass is 9.89. The predicted octanol–water partition coefficient (Wildman–Crippen LogP) is 4.02. The van der Waals surface area contributed by atoms with E-state index < -0.39 is 5.69 Å². The van der Waals surface area contributed by atoms with E-state index in [4.69, 9.17) is 0 Å². The number of amides is 1. The Morgan fingerprint density at radius 3 is 2.82 bits per heavy atom. The summed E-state index contributed by atoms with van der Waals surface area (Å²) in [7, 11) is 0. The molecule has 3 heterocycles. The summed E-state index contributed by atoms with van der Waals surface area (Å²) in [6.45, 7) is 10.2. The van der Waals surface area contributed by atoms with Crippen LogP contribution in [0, 0.1) is 12.8 Å². The summed E-state index contributed by atoms with van der Waals surface area (Å²) in [5.41, 5.74) is 4.26. The second-order valence-electron chi connectivity index (χ2n) is 9.12. The van der Waals surface area contributed by atoms with Crippen molar-refractivity contribution in [3.63, 3.8) is 0 Å². The lowest BCUT2D eigenvalue weighted by Crippen LogP contribution is -2.29. The van der Waals surface area contributed by atoms with Crippen molar-refractivity contribution in [1.29, 1.82) is 0 Å². The van der Waals surface area contributed by atoms with Gasteiger partial charge in [-0.25, -0.2) is 19.0 Å². The fourth-order valence-corrected chi connectivity index (χ4v) is 6.25. The van der Waals surface area contributed by atoms with Gasteiger partial charge in [-0.2, -0.15) is 4.98 Å². The van der Waals surface area contributed by atoms with Crippen LogP contribution in [-0.4, -0.2) is 38.2 Å². The van der Waals surface area contributed by atoms with Gasteiger partial charge in [-0.05, 0) is 75.3 Å². The highest BCUT2D eigenvalue weighted by Gasteiger charge is 2.24. The first-order valence-corrected chi connectivity index (χ1v) is 12.7. The maximum atomic E-state index is 12.9. The minimum Gasteiger partial charge on any atom is -0.372 e. The first-order valence-electron chi connectivity index (χ1n) is 11.9. The van der Waals surface area contributed by atoms with E-state index in [9.17, 15) is 9.59 Å². The zero-order valence-electron chi connectivity index (χ0n) is 20.1. The molecule has 1 amide bonds. The predicted molar refractivity (Wildman–Crippen MR) is 137 cm³/mol. The van der Waals surface area contributed by atoms with E-state index in [1.807, 2.05) is 19.1 Å². The van der Waals surface area contributed by atoms with Crippen LogP contribution in [0.15, 0.2) is 29.3 Å². The Bertz CT molecular complexity index is 1450. The van der Waals surface area contributed by atoms with Crippen LogP contribution in [0.3, 0.4) is 0 Å². The van der Waals surface area contributed by atoms with Crippen LogP contribution >= 0.6 is 11.3 Å². The van der Waals surface area contributed by atoms with Crippen LogP contribution in [-0.2, 0) is 24.2 Å². The highest BCUT2D eigenvalue weighted by molar-refractivity contribution is 7.19. The second-order valence-corrected chi connectivity index (χ2v) is 10.2. The van der Waals surface area contributed by atoms with E-state index >= 15 is 0 Å². The molecule has 5 rings (SSSR count). The number of carbonyl (C=O) groups excluding carboxylic acids is 1. The number of thiophene rings is 1. The number of aromatic nitrogens is 4. The summed E-state index contributed by atoms with van der Waals surface area (Å²) in [6, 6.07) is 6.00. The van der Waals surface area contributed by atoms with Crippen LogP contribution in [0.1, 0.15) is 43.2 Å². The number of carbonyl (C=O) groups is 1. The quantitative estimate of drug-likeness (QED) is 0.452. The van der Waals surface area contributed by atoms with Gasteiger partial charge in [0.05, 0.1) is 5.39 Å². The van der Waals surface area contributed by atoms with Gasteiger partial charge in [0.2, 0.25) is 5.91 Å². The summed E-state index contributed by atoms with van der Waals surface area (Å²) >= 11 is 1.70. The molecular weight excluding hydrogens is 448 g/mol. The molecule has 34 heavy (non-hydrogen) atoms. The Hall–Kier alpha value is -3.20. The summed E-state index contributed by atoms with van der Waals surface area (Å²) in [5, 5.41) is 3.92. The van der Waals surface area contributed by atoms with E-state index in [1.54, 1.807) is 22.2 Å². The maximum absolute atomic E-state index is 12.9. The molecule has 0 unspecified atom stereocenters. The van der Waals surface area contributed by atoms with Gasteiger partial charge in [-0.1, -0.05) is 6.92 Å². The van der Waals surface area contributed by atoms with Gasteiger partial charge in [-0.3, -0.25) is 4.79 Å². The van der Waals surface area contributed by atoms with Crippen LogP contribution in [0.2, 0.25) is 0 Å². The topological polar surface area (TPSA) is 84.5 Å². The number of fused-ring (bicyclic) bond motifs is 5. The van der Waals surface area contributed by atoms with Crippen molar-refractivity contribution in [2.75, 3.05) is 23.3 Å². The van der Waals surface area contributed by atoms with E-state index in [-0.39, 0.29) is 12.5 Å².